The van der Waals surface area contributed by atoms with E-state index in [1.807, 2.05) is 19.0 Å². The third kappa shape index (κ3) is 4.31. The van der Waals surface area contributed by atoms with Crippen LogP contribution in [0.3, 0.4) is 0 Å². The number of hydrogen-bond donors (Lipinski definition) is 2. The van der Waals surface area contributed by atoms with Gasteiger partial charge in [0, 0.05) is 27.2 Å². The number of thiazole rings is 1. The standard InChI is InChI=1S/C15H27N3O2S/c1-11-5-7-15(19,8-6-11)10-16-9-12-13(20-4)17-14(21-12)18(2)3/h11,16,19H,5-10H2,1-4H3. The zero-order valence-electron chi connectivity index (χ0n) is 13.5. The first kappa shape index (κ1) is 16.5. The van der Waals surface area contributed by atoms with Crippen LogP contribution >= 0.6 is 11.3 Å². The average Bonchev–Trinajstić information content (AvgIpc) is 2.86. The smallest absolute Gasteiger partial charge is 0.230 e. The van der Waals surface area contributed by atoms with E-state index in [1.54, 1.807) is 18.4 Å². The molecule has 2 N–H and O–H groups in total. The summed E-state index contributed by atoms with van der Waals surface area (Å²) >= 11 is 1.62. The molecule has 21 heavy (non-hydrogen) atoms. The van der Waals surface area contributed by atoms with Crippen molar-refractivity contribution < 1.29 is 9.84 Å². The highest BCUT2D eigenvalue weighted by Gasteiger charge is 2.31. The average molecular weight is 313 g/mol. The fourth-order valence-electron chi connectivity index (χ4n) is 2.67. The Labute approximate surface area is 131 Å². The van der Waals surface area contributed by atoms with Gasteiger partial charge in [-0.05, 0) is 31.6 Å². The second kappa shape index (κ2) is 6.94. The second-order valence-electron chi connectivity index (χ2n) is 6.33. The van der Waals surface area contributed by atoms with Crippen LogP contribution in [0.5, 0.6) is 5.88 Å². The minimum absolute atomic E-state index is 0.547. The molecule has 0 amide bonds. The summed E-state index contributed by atoms with van der Waals surface area (Å²) in [6.07, 6.45) is 4.02. The van der Waals surface area contributed by atoms with Crippen LogP contribution in [-0.2, 0) is 6.54 Å². The van der Waals surface area contributed by atoms with E-state index in [0.717, 1.165) is 41.6 Å². The van der Waals surface area contributed by atoms with Gasteiger partial charge in [0.15, 0.2) is 5.13 Å². The molecule has 120 valence electrons. The molecule has 1 aliphatic carbocycles. The molecule has 1 saturated carbocycles. The van der Waals surface area contributed by atoms with Gasteiger partial charge >= 0.3 is 0 Å². The molecule has 5 nitrogen and oxygen atoms in total. The summed E-state index contributed by atoms with van der Waals surface area (Å²) in [5, 5.41) is 14.9. The lowest BCUT2D eigenvalue weighted by Gasteiger charge is -2.35. The van der Waals surface area contributed by atoms with E-state index in [2.05, 4.69) is 17.2 Å². The van der Waals surface area contributed by atoms with Crippen LogP contribution in [0.1, 0.15) is 37.5 Å². The van der Waals surface area contributed by atoms with Crippen LogP contribution in [0.4, 0.5) is 5.13 Å². The van der Waals surface area contributed by atoms with E-state index in [1.165, 1.54) is 0 Å². The van der Waals surface area contributed by atoms with E-state index in [-0.39, 0.29) is 0 Å². The summed E-state index contributed by atoms with van der Waals surface area (Å²) in [5.74, 6) is 1.43. The van der Waals surface area contributed by atoms with Crippen molar-refractivity contribution >= 4 is 16.5 Å². The van der Waals surface area contributed by atoms with Gasteiger partial charge in [0.25, 0.3) is 0 Å². The molecule has 1 aliphatic rings. The number of hydrogen-bond acceptors (Lipinski definition) is 6. The zero-order chi connectivity index (χ0) is 15.5. The summed E-state index contributed by atoms with van der Waals surface area (Å²) in [7, 11) is 5.59. The van der Waals surface area contributed by atoms with Crippen molar-refractivity contribution in [2.24, 2.45) is 5.92 Å². The maximum Gasteiger partial charge on any atom is 0.230 e. The van der Waals surface area contributed by atoms with Gasteiger partial charge in [-0.25, -0.2) is 0 Å². The highest BCUT2D eigenvalue weighted by Crippen LogP contribution is 2.32. The maximum absolute atomic E-state index is 10.6. The molecular weight excluding hydrogens is 286 g/mol. The Morgan fingerprint density at radius 3 is 2.67 bits per heavy atom. The number of aromatic nitrogens is 1. The molecule has 0 aliphatic heterocycles. The molecule has 0 aromatic carbocycles. The number of anilines is 1. The summed E-state index contributed by atoms with van der Waals surface area (Å²) in [6.45, 7) is 3.59. The van der Waals surface area contributed by atoms with Crippen LogP contribution in [0.15, 0.2) is 0 Å². The number of nitrogens with one attached hydrogen (secondary N) is 1. The Kier molecular flexibility index (Phi) is 5.46. The molecule has 1 fully saturated rings. The van der Waals surface area contributed by atoms with E-state index < -0.39 is 5.60 Å². The SMILES string of the molecule is COc1nc(N(C)C)sc1CNCC1(O)CCC(C)CC1. The molecule has 0 bridgehead atoms. The fourth-order valence-corrected chi connectivity index (χ4v) is 3.60. The van der Waals surface area contributed by atoms with Crippen molar-refractivity contribution in [2.75, 3.05) is 32.6 Å². The molecule has 1 aromatic heterocycles. The molecular formula is C15H27N3O2S. The summed E-state index contributed by atoms with van der Waals surface area (Å²) in [5.41, 5.74) is -0.547. The topological polar surface area (TPSA) is 57.6 Å². The minimum Gasteiger partial charge on any atom is -0.480 e. The van der Waals surface area contributed by atoms with Gasteiger partial charge in [-0.3, -0.25) is 0 Å². The number of methoxy groups -OCH3 is 1. The number of nitrogens with zero attached hydrogens (tertiary/aromatic N) is 2. The third-order valence-electron chi connectivity index (χ3n) is 4.17. The Balaban J connectivity index is 1.88. The predicted molar refractivity (Wildman–Crippen MR) is 87.3 cm³/mol. The van der Waals surface area contributed by atoms with Crippen LogP contribution < -0.4 is 15.0 Å². The highest BCUT2D eigenvalue weighted by atomic mass is 32.1. The first-order chi connectivity index (χ1) is 9.93. The van der Waals surface area contributed by atoms with Gasteiger partial charge in [-0.2, -0.15) is 4.98 Å². The van der Waals surface area contributed by atoms with E-state index >= 15 is 0 Å². The van der Waals surface area contributed by atoms with Gasteiger partial charge in [0.05, 0.1) is 17.6 Å². The van der Waals surface area contributed by atoms with Crippen molar-refractivity contribution in [3.63, 3.8) is 0 Å². The van der Waals surface area contributed by atoms with Crippen molar-refractivity contribution in [1.29, 1.82) is 0 Å². The molecule has 0 saturated heterocycles. The Morgan fingerprint density at radius 2 is 2.10 bits per heavy atom. The summed E-state index contributed by atoms with van der Waals surface area (Å²) in [4.78, 5) is 7.50. The largest absolute Gasteiger partial charge is 0.480 e. The number of ether oxygens (including phenoxy) is 1. The lowest BCUT2D eigenvalue weighted by Crippen LogP contribution is -2.43. The molecule has 1 heterocycles. The van der Waals surface area contributed by atoms with Crippen LogP contribution in [0, 0.1) is 5.92 Å². The normalized spacial score (nSPS) is 25.9. The lowest BCUT2D eigenvalue weighted by molar-refractivity contribution is -0.00629. The Morgan fingerprint density at radius 1 is 1.43 bits per heavy atom. The van der Waals surface area contributed by atoms with E-state index in [0.29, 0.717) is 19.0 Å². The van der Waals surface area contributed by atoms with Gasteiger partial charge < -0.3 is 20.1 Å². The molecule has 6 heteroatoms. The quantitative estimate of drug-likeness (QED) is 0.843. The second-order valence-corrected chi connectivity index (χ2v) is 7.40. The van der Waals surface area contributed by atoms with Gasteiger partial charge in [-0.15, -0.1) is 0 Å². The monoisotopic (exact) mass is 313 g/mol. The van der Waals surface area contributed by atoms with Gasteiger partial charge in [0.2, 0.25) is 5.88 Å². The fraction of sp³-hybridized carbons (Fsp3) is 0.800. The summed E-state index contributed by atoms with van der Waals surface area (Å²) in [6, 6.07) is 0. The number of aliphatic hydroxyl groups is 1. The van der Waals surface area contributed by atoms with Crippen LogP contribution in [0.2, 0.25) is 0 Å². The van der Waals surface area contributed by atoms with Crippen molar-refractivity contribution in [3.05, 3.63) is 4.88 Å². The van der Waals surface area contributed by atoms with Crippen molar-refractivity contribution in [1.82, 2.24) is 10.3 Å². The van der Waals surface area contributed by atoms with Crippen molar-refractivity contribution in [3.8, 4) is 5.88 Å². The Bertz CT molecular complexity index is 454. The van der Waals surface area contributed by atoms with E-state index in [9.17, 15) is 5.11 Å². The Hall–Kier alpha value is -0.850. The highest BCUT2D eigenvalue weighted by molar-refractivity contribution is 7.15. The summed E-state index contributed by atoms with van der Waals surface area (Å²) < 4.78 is 5.33. The molecule has 0 radical (unpaired) electrons. The molecule has 1 aromatic rings. The first-order valence-electron chi connectivity index (χ1n) is 7.57. The van der Waals surface area contributed by atoms with Crippen molar-refractivity contribution in [2.45, 2.75) is 44.8 Å². The van der Waals surface area contributed by atoms with E-state index in [4.69, 9.17) is 4.74 Å². The molecule has 0 unspecified atom stereocenters. The van der Waals surface area contributed by atoms with Crippen LogP contribution in [-0.4, -0.2) is 43.4 Å². The molecule has 0 atom stereocenters. The lowest BCUT2D eigenvalue weighted by atomic mass is 9.79. The first-order valence-corrected chi connectivity index (χ1v) is 8.39. The third-order valence-corrected chi connectivity index (χ3v) is 5.38. The molecule has 2 rings (SSSR count). The van der Waals surface area contributed by atoms with Crippen LogP contribution in [0.25, 0.3) is 0 Å². The maximum atomic E-state index is 10.6. The zero-order valence-corrected chi connectivity index (χ0v) is 14.3. The molecule has 0 spiro atoms. The van der Waals surface area contributed by atoms with Gasteiger partial charge in [-0.1, -0.05) is 18.3 Å². The predicted octanol–water partition coefficient (Wildman–Crippen LogP) is 2.25. The van der Waals surface area contributed by atoms with Gasteiger partial charge in [0.1, 0.15) is 0 Å². The number of rotatable bonds is 6. The minimum atomic E-state index is -0.547.